The minimum Gasteiger partial charge on any atom is -0.377 e. The minimum absolute atomic E-state index is 0.288. The number of rotatable bonds is 6. The highest BCUT2D eigenvalue weighted by Gasteiger charge is 2.14. The van der Waals surface area contributed by atoms with E-state index in [1.54, 1.807) is 0 Å². The Labute approximate surface area is 73.5 Å². The fourth-order valence-electron chi connectivity index (χ4n) is 1.54. The van der Waals surface area contributed by atoms with E-state index >= 15 is 0 Å². The Kier molecular flexibility index (Phi) is 5.28. The number of halogens is 1. The first-order valence-electron chi connectivity index (χ1n) is 4.82. The summed E-state index contributed by atoms with van der Waals surface area (Å²) in [6.45, 7) is 1.67. The van der Waals surface area contributed by atoms with Gasteiger partial charge in [0.15, 0.2) is 0 Å². The van der Waals surface area contributed by atoms with Gasteiger partial charge >= 0.3 is 0 Å². The van der Waals surface area contributed by atoms with Crippen molar-refractivity contribution in [1.82, 2.24) is 5.32 Å². The van der Waals surface area contributed by atoms with Crippen LogP contribution in [0.5, 0.6) is 0 Å². The van der Waals surface area contributed by atoms with Crippen LogP contribution >= 0.6 is 0 Å². The third-order valence-electron chi connectivity index (χ3n) is 2.21. The highest BCUT2D eigenvalue weighted by atomic mass is 19.1. The van der Waals surface area contributed by atoms with E-state index in [-0.39, 0.29) is 6.67 Å². The Hall–Kier alpha value is -0.150. The highest BCUT2D eigenvalue weighted by Crippen LogP contribution is 2.20. The average molecular weight is 175 g/mol. The predicted octanol–water partition coefficient (Wildman–Crippen LogP) is 1.50. The van der Waals surface area contributed by atoms with Crippen molar-refractivity contribution in [3.8, 4) is 0 Å². The van der Waals surface area contributed by atoms with E-state index in [1.165, 1.54) is 25.7 Å². The summed E-state index contributed by atoms with van der Waals surface area (Å²) >= 11 is 0. The maximum Gasteiger partial charge on any atom is 0.102 e. The molecule has 1 fully saturated rings. The molecule has 0 saturated heterocycles. The Balaban J connectivity index is 1.81. The van der Waals surface area contributed by atoms with Crippen LogP contribution in [-0.2, 0) is 4.74 Å². The van der Waals surface area contributed by atoms with Crippen molar-refractivity contribution in [3.05, 3.63) is 0 Å². The quantitative estimate of drug-likeness (QED) is 0.618. The third-order valence-corrected chi connectivity index (χ3v) is 2.21. The third kappa shape index (κ3) is 4.02. The van der Waals surface area contributed by atoms with E-state index in [0.29, 0.717) is 12.6 Å². The zero-order valence-electron chi connectivity index (χ0n) is 7.52. The molecule has 0 spiro atoms. The van der Waals surface area contributed by atoms with E-state index in [0.717, 1.165) is 13.2 Å². The Bertz CT molecular complexity index is 105. The molecular weight excluding hydrogens is 157 g/mol. The van der Waals surface area contributed by atoms with Crippen LogP contribution in [0.1, 0.15) is 25.7 Å². The van der Waals surface area contributed by atoms with Crippen LogP contribution in [0.2, 0.25) is 0 Å². The van der Waals surface area contributed by atoms with E-state index in [2.05, 4.69) is 5.32 Å². The van der Waals surface area contributed by atoms with Gasteiger partial charge in [0.2, 0.25) is 0 Å². The molecule has 3 heteroatoms. The summed E-state index contributed by atoms with van der Waals surface area (Å²) < 4.78 is 17.2. The maximum absolute atomic E-state index is 11.6. The molecule has 0 amide bonds. The molecule has 0 aromatic carbocycles. The molecule has 0 atom stereocenters. The molecule has 0 radical (unpaired) electrons. The lowest BCUT2D eigenvalue weighted by Crippen LogP contribution is -2.23. The van der Waals surface area contributed by atoms with E-state index in [1.807, 2.05) is 0 Å². The standard InChI is InChI=1S/C9H18FNO/c10-5-6-11-7-8-12-9-3-1-2-4-9/h9,11H,1-8H2. The molecule has 72 valence electrons. The molecule has 0 aromatic heterocycles. The normalized spacial score (nSPS) is 18.8. The van der Waals surface area contributed by atoms with Crippen LogP contribution in [0.15, 0.2) is 0 Å². The molecule has 1 saturated carbocycles. The lowest BCUT2D eigenvalue weighted by atomic mass is 10.3. The van der Waals surface area contributed by atoms with Crippen LogP contribution in [-0.4, -0.2) is 32.5 Å². The van der Waals surface area contributed by atoms with Gasteiger partial charge in [-0.3, -0.25) is 0 Å². The van der Waals surface area contributed by atoms with Crippen molar-refractivity contribution >= 4 is 0 Å². The number of nitrogens with one attached hydrogen (secondary N) is 1. The second-order valence-corrected chi connectivity index (χ2v) is 3.22. The second-order valence-electron chi connectivity index (χ2n) is 3.22. The van der Waals surface area contributed by atoms with Gasteiger partial charge in [0.25, 0.3) is 0 Å². The summed E-state index contributed by atoms with van der Waals surface area (Å²) in [6, 6.07) is 0. The summed E-state index contributed by atoms with van der Waals surface area (Å²) in [5, 5.41) is 2.96. The first-order valence-corrected chi connectivity index (χ1v) is 4.82. The maximum atomic E-state index is 11.6. The molecule has 2 nitrogen and oxygen atoms in total. The van der Waals surface area contributed by atoms with Gasteiger partial charge in [0.05, 0.1) is 12.7 Å². The van der Waals surface area contributed by atoms with Crippen molar-refractivity contribution in [2.75, 3.05) is 26.4 Å². The fourth-order valence-corrected chi connectivity index (χ4v) is 1.54. The Morgan fingerprint density at radius 1 is 1.25 bits per heavy atom. The van der Waals surface area contributed by atoms with Gasteiger partial charge in [0.1, 0.15) is 6.67 Å². The van der Waals surface area contributed by atoms with Gasteiger partial charge < -0.3 is 10.1 Å². The monoisotopic (exact) mass is 175 g/mol. The molecule has 1 rings (SSSR count). The molecular formula is C9H18FNO. The number of hydrogen-bond acceptors (Lipinski definition) is 2. The van der Waals surface area contributed by atoms with Crippen LogP contribution < -0.4 is 5.32 Å². The lowest BCUT2D eigenvalue weighted by molar-refractivity contribution is 0.0603. The highest BCUT2D eigenvalue weighted by molar-refractivity contribution is 4.66. The summed E-state index contributed by atoms with van der Waals surface area (Å²) in [4.78, 5) is 0. The van der Waals surface area contributed by atoms with Crippen LogP contribution in [0, 0.1) is 0 Å². The molecule has 1 N–H and O–H groups in total. The molecule has 0 aliphatic heterocycles. The van der Waals surface area contributed by atoms with Crippen LogP contribution in [0.25, 0.3) is 0 Å². The van der Waals surface area contributed by atoms with Gasteiger partial charge in [-0.25, -0.2) is 4.39 Å². The number of ether oxygens (including phenoxy) is 1. The van der Waals surface area contributed by atoms with Gasteiger partial charge in [0, 0.05) is 13.1 Å². The Morgan fingerprint density at radius 2 is 2.00 bits per heavy atom. The number of hydrogen-bond donors (Lipinski definition) is 1. The molecule has 0 heterocycles. The van der Waals surface area contributed by atoms with Crippen LogP contribution in [0.4, 0.5) is 4.39 Å². The van der Waals surface area contributed by atoms with E-state index in [9.17, 15) is 4.39 Å². The molecule has 0 unspecified atom stereocenters. The second kappa shape index (κ2) is 6.38. The van der Waals surface area contributed by atoms with Crippen molar-refractivity contribution in [2.45, 2.75) is 31.8 Å². The van der Waals surface area contributed by atoms with E-state index in [4.69, 9.17) is 4.74 Å². The largest absolute Gasteiger partial charge is 0.377 e. The molecule has 1 aliphatic carbocycles. The SMILES string of the molecule is FCCNCCOC1CCCC1. The number of alkyl halides is 1. The summed E-state index contributed by atoms with van der Waals surface area (Å²) in [7, 11) is 0. The summed E-state index contributed by atoms with van der Waals surface area (Å²) in [5.74, 6) is 0. The summed E-state index contributed by atoms with van der Waals surface area (Å²) in [5.41, 5.74) is 0. The fraction of sp³-hybridized carbons (Fsp3) is 1.00. The van der Waals surface area contributed by atoms with Crippen molar-refractivity contribution in [1.29, 1.82) is 0 Å². The lowest BCUT2D eigenvalue weighted by Gasteiger charge is -2.10. The summed E-state index contributed by atoms with van der Waals surface area (Å²) in [6.07, 6.45) is 5.52. The topological polar surface area (TPSA) is 21.3 Å². The zero-order valence-corrected chi connectivity index (χ0v) is 7.52. The first kappa shape index (κ1) is 9.93. The van der Waals surface area contributed by atoms with Gasteiger partial charge in [-0.2, -0.15) is 0 Å². The first-order chi connectivity index (χ1) is 5.93. The van der Waals surface area contributed by atoms with Crippen molar-refractivity contribution in [2.24, 2.45) is 0 Å². The Morgan fingerprint density at radius 3 is 2.67 bits per heavy atom. The van der Waals surface area contributed by atoms with E-state index < -0.39 is 0 Å². The molecule has 1 aliphatic rings. The van der Waals surface area contributed by atoms with Gasteiger partial charge in [-0.1, -0.05) is 12.8 Å². The molecule has 0 bridgehead atoms. The predicted molar refractivity (Wildman–Crippen MR) is 47.1 cm³/mol. The molecule has 12 heavy (non-hydrogen) atoms. The minimum atomic E-state index is -0.288. The van der Waals surface area contributed by atoms with Gasteiger partial charge in [-0.05, 0) is 12.8 Å². The zero-order chi connectivity index (χ0) is 8.65. The van der Waals surface area contributed by atoms with Gasteiger partial charge in [-0.15, -0.1) is 0 Å². The molecule has 0 aromatic rings. The van der Waals surface area contributed by atoms with Crippen molar-refractivity contribution in [3.63, 3.8) is 0 Å². The average Bonchev–Trinajstić information content (AvgIpc) is 2.57. The van der Waals surface area contributed by atoms with Crippen molar-refractivity contribution < 1.29 is 9.13 Å². The van der Waals surface area contributed by atoms with Crippen LogP contribution in [0.3, 0.4) is 0 Å². The smallest absolute Gasteiger partial charge is 0.102 e.